The van der Waals surface area contributed by atoms with E-state index in [1.807, 2.05) is 36.7 Å². The van der Waals surface area contributed by atoms with Crippen LogP contribution in [0.1, 0.15) is 11.1 Å². The summed E-state index contributed by atoms with van der Waals surface area (Å²) >= 11 is 0. The first kappa shape index (κ1) is 28.3. The summed E-state index contributed by atoms with van der Waals surface area (Å²) in [7, 11) is -2.01. The van der Waals surface area contributed by atoms with Gasteiger partial charge in [-0.15, -0.1) is 0 Å². The molecular formula is C40H34N4Si. The molecule has 0 spiro atoms. The van der Waals surface area contributed by atoms with Crippen LogP contribution in [0.4, 0.5) is 34.4 Å². The van der Waals surface area contributed by atoms with Crippen molar-refractivity contribution in [2.75, 3.05) is 9.80 Å². The van der Waals surface area contributed by atoms with Gasteiger partial charge in [0, 0.05) is 35.1 Å². The van der Waals surface area contributed by atoms with E-state index in [-0.39, 0.29) is 0 Å². The second-order valence-electron chi connectivity index (χ2n) is 11.6. The van der Waals surface area contributed by atoms with Crippen molar-refractivity contribution < 1.29 is 0 Å². The number of aromatic nitrogens is 2. The van der Waals surface area contributed by atoms with Crippen LogP contribution in [0.15, 0.2) is 170 Å². The van der Waals surface area contributed by atoms with Crippen molar-refractivity contribution in [3.8, 4) is 0 Å². The molecule has 0 aliphatic carbocycles. The third-order valence-electron chi connectivity index (χ3n) is 8.40. The van der Waals surface area contributed by atoms with Crippen molar-refractivity contribution >= 4 is 52.9 Å². The molecule has 6 aromatic rings. The van der Waals surface area contributed by atoms with Gasteiger partial charge in [-0.1, -0.05) is 98.0 Å². The molecule has 2 aromatic heterocycles. The SMILES string of the molecule is C[Si]1(C)C(c2ccc(N(c3ccccc3)c3ccccc3)nc2)=CC=C1c1ccc(N(c2ccccc2)c2ccccc2)nc1. The molecule has 45 heavy (non-hydrogen) atoms. The monoisotopic (exact) mass is 598 g/mol. The van der Waals surface area contributed by atoms with Gasteiger partial charge in [-0.3, -0.25) is 9.80 Å². The van der Waals surface area contributed by atoms with Crippen LogP contribution >= 0.6 is 0 Å². The molecule has 7 rings (SSSR count). The molecule has 0 N–H and O–H groups in total. The van der Waals surface area contributed by atoms with E-state index in [0.717, 1.165) is 34.4 Å². The van der Waals surface area contributed by atoms with Crippen molar-refractivity contribution in [3.05, 3.63) is 181 Å². The summed E-state index contributed by atoms with van der Waals surface area (Å²) in [5, 5.41) is 2.75. The van der Waals surface area contributed by atoms with Gasteiger partial charge < -0.3 is 0 Å². The molecule has 0 atom stereocenters. The molecule has 218 valence electrons. The van der Waals surface area contributed by atoms with Crippen molar-refractivity contribution in [1.29, 1.82) is 0 Å². The van der Waals surface area contributed by atoms with Crippen LogP contribution in [0.25, 0.3) is 10.4 Å². The average molecular weight is 599 g/mol. The van der Waals surface area contributed by atoms with Crippen LogP contribution in [0.5, 0.6) is 0 Å². The van der Waals surface area contributed by atoms with E-state index in [0.29, 0.717) is 0 Å². The number of benzene rings is 4. The van der Waals surface area contributed by atoms with Crippen molar-refractivity contribution in [3.63, 3.8) is 0 Å². The quantitative estimate of drug-likeness (QED) is 0.163. The predicted octanol–water partition coefficient (Wildman–Crippen LogP) is 10.7. The summed E-state index contributed by atoms with van der Waals surface area (Å²) in [6.07, 6.45) is 8.64. The zero-order chi connectivity index (χ0) is 30.6. The Morgan fingerprint density at radius 1 is 0.400 bits per heavy atom. The number of hydrogen-bond acceptors (Lipinski definition) is 4. The number of hydrogen-bond donors (Lipinski definition) is 0. The molecule has 4 aromatic carbocycles. The third-order valence-corrected chi connectivity index (χ3v) is 12.0. The lowest BCUT2D eigenvalue weighted by atomic mass is 10.2. The Bertz CT molecular complexity index is 1710. The maximum absolute atomic E-state index is 4.99. The van der Waals surface area contributed by atoms with E-state index in [9.17, 15) is 0 Å². The molecule has 1 aliphatic heterocycles. The molecule has 0 amide bonds. The van der Waals surface area contributed by atoms with Crippen LogP contribution in [0.2, 0.25) is 13.1 Å². The fourth-order valence-corrected chi connectivity index (χ4v) is 9.16. The van der Waals surface area contributed by atoms with Gasteiger partial charge in [0.25, 0.3) is 0 Å². The van der Waals surface area contributed by atoms with E-state index < -0.39 is 8.07 Å². The Morgan fingerprint density at radius 2 is 0.711 bits per heavy atom. The highest BCUT2D eigenvalue weighted by Gasteiger charge is 2.35. The Kier molecular flexibility index (Phi) is 7.68. The fraction of sp³-hybridized carbons (Fsp3) is 0.0500. The Morgan fingerprint density at radius 3 is 0.978 bits per heavy atom. The minimum Gasteiger partial charge on any atom is -0.295 e. The minimum atomic E-state index is -2.01. The average Bonchev–Trinajstić information content (AvgIpc) is 3.42. The molecule has 0 unspecified atom stereocenters. The summed E-state index contributed by atoms with van der Waals surface area (Å²) in [4.78, 5) is 14.4. The number of nitrogens with zero attached hydrogens (tertiary/aromatic N) is 4. The highest BCUT2D eigenvalue weighted by atomic mass is 28.3. The summed E-state index contributed by atoms with van der Waals surface area (Å²) in [6, 6.07) is 50.3. The van der Waals surface area contributed by atoms with Crippen molar-refractivity contribution in [2.24, 2.45) is 0 Å². The van der Waals surface area contributed by atoms with Gasteiger partial charge in [-0.05, 0) is 94.3 Å². The Labute approximate surface area is 266 Å². The maximum Gasteiger partial charge on any atom is 0.137 e. The Hall–Kier alpha value is -5.52. The molecule has 0 saturated heterocycles. The van der Waals surface area contributed by atoms with Gasteiger partial charge in [0.15, 0.2) is 0 Å². The lowest BCUT2D eigenvalue weighted by Gasteiger charge is -2.27. The van der Waals surface area contributed by atoms with Gasteiger partial charge in [0.1, 0.15) is 19.7 Å². The minimum absolute atomic E-state index is 0.892. The lowest BCUT2D eigenvalue weighted by molar-refractivity contribution is 1.17. The lowest BCUT2D eigenvalue weighted by Crippen LogP contribution is -2.28. The number of allylic oxidation sites excluding steroid dienone is 2. The smallest absolute Gasteiger partial charge is 0.137 e. The topological polar surface area (TPSA) is 32.3 Å². The number of para-hydroxylation sites is 4. The number of anilines is 6. The summed E-state index contributed by atoms with van der Waals surface area (Å²) < 4.78 is 0. The zero-order valence-electron chi connectivity index (χ0n) is 25.5. The van der Waals surface area contributed by atoms with E-state index in [1.54, 1.807) is 0 Å². The van der Waals surface area contributed by atoms with Gasteiger partial charge in [0.05, 0.1) is 0 Å². The zero-order valence-corrected chi connectivity index (χ0v) is 26.5. The Balaban J connectivity index is 1.15. The highest BCUT2D eigenvalue weighted by molar-refractivity contribution is 7.09. The van der Waals surface area contributed by atoms with E-state index in [2.05, 4.69) is 156 Å². The van der Waals surface area contributed by atoms with Gasteiger partial charge in [-0.25, -0.2) is 9.97 Å². The first-order chi connectivity index (χ1) is 22.1. The fourth-order valence-electron chi connectivity index (χ4n) is 6.13. The van der Waals surface area contributed by atoms with Crippen molar-refractivity contribution in [2.45, 2.75) is 13.1 Å². The highest BCUT2D eigenvalue weighted by Crippen LogP contribution is 2.42. The third kappa shape index (κ3) is 5.62. The molecule has 0 fully saturated rings. The number of pyridine rings is 2. The predicted molar refractivity (Wildman–Crippen MR) is 191 cm³/mol. The van der Waals surface area contributed by atoms with Crippen LogP contribution in [-0.4, -0.2) is 18.0 Å². The maximum atomic E-state index is 4.99. The molecular weight excluding hydrogens is 565 g/mol. The molecule has 0 radical (unpaired) electrons. The summed E-state index contributed by atoms with van der Waals surface area (Å²) in [6.45, 7) is 4.83. The van der Waals surface area contributed by atoms with Gasteiger partial charge in [0.2, 0.25) is 0 Å². The summed E-state index contributed by atoms with van der Waals surface area (Å²) in [5.74, 6) is 1.78. The molecule has 0 bridgehead atoms. The van der Waals surface area contributed by atoms with Crippen LogP contribution in [0, 0.1) is 0 Å². The molecule has 3 heterocycles. The first-order valence-corrected chi connectivity index (χ1v) is 18.3. The first-order valence-electron chi connectivity index (χ1n) is 15.3. The van der Waals surface area contributed by atoms with E-state index in [1.165, 1.54) is 21.5 Å². The molecule has 1 aliphatic rings. The van der Waals surface area contributed by atoms with E-state index in [4.69, 9.17) is 9.97 Å². The van der Waals surface area contributed by atoms with Gasteiger partial charge >= 0.3 is 0 Å². The largest absolute Gasteiger partial charge is 0.295 e. The standard InChI is InChI=1S/C40H34N4Si/c1-45(2)37(31-23-27-39(41-29-31)43(33-15-7-3-8-16-33)34-17-9-4-10-18-34)25-26-38(45)32-24-28-40(42-30-32)44(35-19-11-5-12-20-35)36-21-13-6-14-22-36/h3-30H,1-2H3. The normalized spacial score (nSPS) is 13.6. The molecule has 4 nitrogen and oxygen atoms in total. The van der Waals surface area contributed by atoms with Crippen LogP contribution in [-0.2, 0) is 0 Å². The second-order valence-corrected chi connectivity index (χ2v) is 15.9. The molecule has 5 heteroatoms. The summed E-state index contributed by atoms with van der Waals surface area (Å²) in [5.41, 5.74) is 6.67. The van der Waals surface area contributed by atoms with Gasteiger partial charge in [-0.2, -0.15) is 0 Å². The number of rotatable bonds is 8. The van der Waals surface area contributed by atoms with Crippen LogP contribution < -0.4 is 9.80 Å². The van der Waals surface area contributed by atoms with Crippen molar-refractivity contribution in [1.82, 2.24) is 9.97 Å². The van der Waals surface area contributed by atoms with E-state index >= 15 is 0 Å². The molecule has 0 saturated carbocycles. The van der Waals surface area contributed by atoms with Crippen LogP contribution in [0.3, 0.4) is 0 Å². The second kappa shape index (κ2) is 12.2.